The fraction of sp³-hybridized carbons (Fsp3) is 0.150. The summed E-state index contributed by atoms with van der Waals surface area (Å²) < 4.78 is 0. The van der Waals surface area contributed by atoms with Crippen LogP contribution in [0.5, 0.6) is 5.75 Å². The molecule has 0 bridgehead atoms. The minimum absolute atomic E-state index is 0.0489. The number of phenolic OH excluding ortho intramolecular Hbond substituents is 1. The lowest BCUT2D eigenvalue weighted by Crippen LogP contribution is -2.39. The van der Waals surface area contributed by atoms with E-state index in [1.54, 1.807) is 23.1 Å². The Kier molecular flexibility index (Phi) is 4.01. The number of phenols is 1. The highest BCUT2D eigenvalue weighted by molar-refractivity contribution is 5.96. The van der Waals surface area contributed by atoms with Crippen LogP contribution in [-0.2, 0) is 13.0 Å². The molecule has 4 rings (SSSR count). The Balaban J connectivity index is 1.68. The van der Waals surface area contributed by atoms with Crippen molar-refractivity contribution < 1.29 is 9.90 Å². The van der Waals surface area contributed by atoms with Crippen LogP contribution in [0.1, 0.15) is 21.6 Å². The molecule has 1 amide bonds. The molecule has 1 aliphatic heterocycles. The highest BCUT2D eigenvalue weighted by atomic mass is 16.3. The van der Waals surface area contributed by atoms with Crippen LogP contribution in [0.3, 0.4) is 0 Å². The number of hydrogen-bond acceptors (Lipinski definition) is 4. The van der Waals surface area contributed by atoms with Crippen molar-refractivity contribution in [1.29, 1.82) is 0 Å². The number of carbonyl (C=O) groups excluding carboxylic acids is 1. The van der Waals surface area contributed by atoms with E-state index in [4.69, 9.17) is 0 Å². The first-order valence-corrected chi connectivity index (χ1v) is 8.38. The van der Waals surface area contributed by atoms with E-state index in [0.29, 0.717) is 30.0 Å². The lowest BCUT2D eigenvalue weighted by molar-refractivity contribution is 0.0728. The molecule has 0 atom stereocenters. The highest BCUT2D eigenvalue weighted by Crippen LogP contribution is 2.23. The molecule has 0 unspecified atom stereocenters. The van der Waals surface area contributed by atoms with Gasteiger partial charge in [0.25, 0.3) is 11.5 Å². The molecule has 0 aliphatic carbocycles. The number of hydrogen-bond donors (Lipinski definition) is 2. The molecule has 6 heteroatoms. The number of amides is 1. The minimum Gasteiger partial charge on any atom is -0.507 e. The first-order valence-electron chi connectivity index (χ1n) is 8.38. The number of aromatic nitrogens is 2. The summed E-state index contributed by atoms with van der Waals surface area (Å²) in [7, 11) is 0. The van der Waals surface area contributed by atoms with Crippen LogP contribution < -0.4 is 5.56 Å². The Morgan fingerprint density at radius 2 is 1.81 bits per heavy atom. The maximum atomic E-state index is 12.7. The Labute approximate surface area is 149 Å². The summed E-state index contributed by atoms with van der Waals surface area (Å²) in [4.78, 5) is 34.2. The standard InChI is InChI=1S/C20H17N3O3/c24-17-9-5-4-8-15(17)20(26)23-11-10-14-16(12-23)21-18(22-19(14)25)13-6-2-1-3-7-13/h1-9,24H,10-12H2,(H,21,22,25). The van der Waals surface area contributed by atoms with Gasteiger partial charge in [0.15, 0.2) is 0 Å². The van der Waals surface area contributed by atoms with Gasteiger partial charge in [-0.1, -0.05) is 42.5 Å². The molecule has 0 radical (unpaired) electrons. The summed E-state index contributed by atoms with van der Waals surface area (Å²) in [6.07, 6.45) is 0.437. The van der Waals surface area contributed by atoms with E-state index in [0.717, 1.165) is 5.56 Å². The Bertz CT molecular complexity index is 1030. The fourth-order valence-corrected chi connectivity index (χ4v) is 3.17. The molecule has 2 N–H and O–H groups in total. The molecule has 0 spiro atoms. The zero-order valence-electron chi connectivity index (χ0n) is 14.0. The topological polar surface area (TPSA) is 86.3 Å². The van der Waals surface area contributed by atoms with Crippen LogP contribution in [-0.4, -0.2) is 32.4 Å². The van der Waals surface area contributed by atoms with Crippen molar-refractivity contribution in [3.05, 3.63) is 81.8 Å². The van der Waals surface area contributed by atoms with Crippen molar-refractivity contribution in [2.45, 2.75) is 13.0 Å². The number of rotatable bonds is 2. The molecule has 0 saturated heterocycles. The van der Waals surface area contributed by atoms with E-state index in [-0.39, 0.29) is 29.3 Å². The molecule has 2 aromatic carbocycles. The van der Waals surface area contributed by atoms with Gasteiger partial charge in [-0.2, -0.15) is 0 Å². The second-order valence-electron chi connectivity index (χ2n) is 6.20. The third kappa shape index (κ3) is 2.86. The van der Waals surface area contributed by atoms with Gasteiger partial charge in [0.1, 0.15) is 11.6 Å². The van der Waals surface area contributed by atoms with Gasteiger partial charge in [0.05, 0.1) is 17.8 Å². The van der Waals surface area contributed by atoms with Gasteiger partial charge in [0.2, 0.25) is 0 Å². The summed E-state index contributed by atoms with van der Waals surface area (Å²) in [6.45, 7) is 0.655. The van der Waals surface area contributed by atoms with Gasteiger partial charge in [0, 0.05) is 17.7 Å². The number of fused-ring (bicyclic) bond motifs is 1. The van der Waals surface area contributed by atoms with E-state index in [1.165, 1.54) is 6.07 Å². The van der Waals surface area contributed by atoms with Crippen molar-refractivity contribution in [2.24, 2.45) is 0 Å². The van der Waals surface area contributed by atoms with E-state index >= 15 is 0 Å². The minimum atomic E-state index is -0.267. The lowest BCUT2D eigenvalue weighted by atomic mass is 10.0. The SMILES string of the molecule is O=C(c1ccccc1O)N1CCc2c(nc(-c3ccccc3)[nH]c2=O)C1. The van der Waals surface area contributed by atoms with E-state index in [1.807, 2.05) is 30.3 Å². The van der Waals surface area contributed by atoms with Crippen molar-refractivity contribution in [1.82, 2.24) is 14.9 Å². The number of aromatic amines is 1. The van der Waals surface area contributed by atoms with Crippen molar-refractivity contribution in [3.8, 4) is 17.1 Å². The van der Waals surface area contributed by atoms with Crippen molar-refractivity contribution >= 4 is 5.91 Å². The van der Waals surface area contributed by atoms with Gasteiger partial charge in [-0.15, -0.1) is 0 Å². The van der Waals surface area contributed by atoms with Crippen LogP contribution in [0.2, 0.25) is 0 Å². The van der Waals surface area contributed by atoms with Crippen LogP contribution in [0, 0.1) is 0 Å². The number of H-pyrrole nitrogens is 1. The Hall–Kier alpha value is -3.41. The molecule has 1 aromatic heterocycles. The zero-order valence-corrected chi connectivity index (χ0v) is 14.0. The predicted octanol–water partition coefficient (Wildman–Crippen LogP) is 2.34. The molecule has 1 aliphatic rings. The highest BCUT2D eigenvalue weighted by Gasteiger charge is 2.26. The summed E-state index contributed by atoms with van der Waals surface area (Å²) >= 11 is 0. The molecule has 0 saturated carbocycles. The van der Waals surface area contributed by atoms with Crippen molar-refractivity contribution in [2.75, 3.05) is 6.54 Å². The third-order valence-electron chi connectivity index (χ3n) is 4.54. The van der Waals surface area contributed by atoms with Crippen molar-refractivity contribution in [3.63, 3.8) is 0 Å². The summed E-state index contributed by atoms with van der Waals surface area (Å²) in [5, 5.41) is 9.93. The quantitative estimate of drug-likeness (QED) is 0.745. The first kappa shape index (κ1) is 16.1. The van der Waals surface area contributed by atoms with Gasteiger partial charge < -0.3 is 15.0 Å². The molecule has 6 nitrogen and oxygen atoms in total. The summed E-state index contributed by atoms with van der Waals surface area (Å²) in [6, 6.07) is 15.9. The predicted molar refractivity (Wildman–Crippen MR) is 96.8 cm³/mol. The van der Waals surface area contributed by atoms with Gasteiger partial charge in [-0.05, 0) is 18.6 Å². The average molecular weight is 347 g/mol. The van der Waals surface area contributed by atoms with E-state index in [9.17, 15) is 14.7 Å². The molecule has 130 valence electrons. The molecule has 0 fully saturated rings. The summed E-state index contributed by atoms with van der Waals surface area (Å²) in [5.74, 6) is 0.176. The zero-order chi connectivity index (χ0) is 18.1. The maximum Gasteiger partial charge on any atom is 0.257 e. The second-order valence-corrected chi connectivity index (χ2v) is 6.20. The normalized spacial score (nSPS) is 13.3. The monoisotopic (exact) mass is 347 g/mol. The maximum absolute atomic E-state index is 12.7. The number of aromatic hydroxyl groups is 1. The molecule has 3 aromatic rings. The number of nitrogens with one attached hydrogen (secondary N) is 1. The van der Waals surface area contributed by atoms with E-state index in [2.05, 4.69) is 9.97 Å². The number of para-hydroxylation sites is 1. The average Bonchev–Trinajstić information content (AvgIpc) is 2.68. The fourth-order valence-electron chi connectivity index (χ4n) is 3.17. The van der Waals surface area contributed by atoms with Crippen LogP contribution in [0.25, 0.3) is 11.4 Å². The molecule has 26 heavy (non-hydrogen) atoms. The third-order valence-corrected chi connectivity index (χ3v) is 4.54. The summed E-state index contributed by atoms with van der Waals surface area (Å²) in [5.41, 5.74) is 2.12. The van der Waals surface area contributed by atoms with E-state index < -0.39 is 0 Å². The number of benzene rings is 2. The van der Waals surface area contributed by atoms with Gasteiger partial charge >= 0.3 is 0 Å². The molecular weight excluding hydrogens is 330 g/mol. The van der Waals surface area contributed by atoms with Gasteiger partial charge in [-0.25, -0.2) is 4.98 Å². The Morgan fingerprint density at radius 3 is 2.58 bits per heavy atom. The lowest BCUT2D eigenvalue weighted by Gasteiger charge is -2.28. The van der Waals surface area contributed by atoms with Gasteiger partial charge in [-0.3, -0.25) is 9.59 Å². The van der Waals surface area contributed by atoms with Crippen LogP contribution in [0.15, 0.2) is 59.4 Å². The second kappa shape index (κ2) is 6.48. The number of nitrogens with zero attached hydrogens (tertiary/aromatic N) is 2. The smallest absolute Gasteiger partial charge is 0.257 e. The van der Waals surface area contributed by atoms with Crippen LogP contribution >= 0.6 is 0 Å². The van der Waals surface area contributed by atoms with Crippen LogP contribution in [0.4, 0.5) is 0 Å². The molecule has 2 heterocycles. The number of carbonyl (C=O) groups is 1. The first-order chi connectivity index (χ1) is 12.6. The largest absolute Gasteiger partial charge is 0.507 e. The Morgan fingerprint density at radius 1 is 1.08 bits per heavy atom. The molecular formula is C20H17N3O3.